The van der Waals surface area contributed by atoms with Crippen LogP contribution >= 0.6 is 0 Å². The van der Waals surface area contributed by atoms with Crippen LogP contribution in [0.1, 0.15) is 31.1 Å². The van der Waals surface area contributed by atoms with Crippen LogP contribution < -0.4 is 5.32 Å². The van der Waals surface area contributed by atoms with Gasteiger partial charge in [-0.15, -0.1) is 0 Å². The van der Waals surface area contributed by atoms with E-state index in [0.29, 0.717) is 18.1 Å². The second-order valence-electron chi connectivity index (χ2n) is 5.00. The Morgan fingerprint density at radius 2 is 1.95 bits per heavy atom. The Balaban J connectivity index is 2.23. The predicted octanol–water partition coefficient (Wildman–Crippen LogP) is 2.30. The lowest BCUT2D eigenvalue weighted by molar-refractivity contribution is 0.365. The van der Waals surface area contributed by atoms with Crippen molar-refractivity contribution in [1.82, 2.24) is 15.5 Å². The van der Waals surface area contributed by atoms with Gasteiger partial charge in [0.15, 0.2) is 5.82 Å². The minimum absolute atomic E-state index is 0.248. The Morgan fingerprint density at radius 1 is 1.26 bits per heavy atom. The average Bonchev–Trinajstić information content (AvgIpc) is 2.86. The standard InChI is InChI=1S/C14H18FN3O/c1-14(2,10-4-6-11(15)7-5-10)13-17-12(19-18-13)8-9-16-3/h4-7,16H,8-9H2,1-3H3. The molecule has 0 spiro atoms. The lowest BCUT2D eigenvalue weighted by atomic mass is 9.84. The van der Waals surface area contributed by atoms with Crippen molar-refractivity contribution in [3.63, 3.8) is 0 Å². The zero-order chi connectivity index (χ0) is 13.9. The summed E-state index contributed by atoms with van der Waals surface area (Å²) in [7, 11) is 1.87. The van der Waals surface area contributed by atoms with Gasteiger partial charge in [-0.05, 0) is 38.6 Å². The second-order valence-corrected chi connectivity index (χ2v) is 5.00. The largest absolute Gasteiger partial charge is 0.339 e. The van der Waals surface area contributed by atoms with Crippen molar-refractivity contribution in [1.29, 1.82) is 0 Å². The first-order valence-electron chi connectivity index (χ1n) is 6.27. The van der Waals surface area contributed by atoms with E-state index >= 15 is 0 Å². The third-order valence-corrected chi connectivity index (χ3v) is 3.18. The van der Waals surface area contributed by atoms with Crippen LogP contribution in [0.2, 0.25) is 0 Å². The molecule has 1 aromatic heterocycles. The number of halogens is 1. The van der Waals surface area contributed by atoms with E-state index in [-0.39, 0.29) is 5.82 Å². The zero-order valence-corrected chi connectivity index (χ0v) is 11.4. The molecule has 102 valence electrons. The van der Waals surface area contributed by atoms with E-state index in [0.717, 1.165) is 12.1 Å². The lowest BCUT2D eigenvalue weighted by Gasteiger charge is -2.20. The van der Waals surface area contributed by atoms with E-state index in [1.54, 1.807) is 12.1 Å². The summed E-state index contributed by atoms with van der Waals surface area (Å²) in [6.07, 6.45) is 0.697. The number of rotatable bonds is 5. The summed E-state index contributed by atoms with van der Waals surface area (Å²) >= 11 is 0. The summed E-state index contributed by atoms with van der Waals surface area (Å²) in [6, 6.07) is 6.39. The fraction of sp³-hybridized carbons (Fsp3) is 0.429. The molecule has 2 rings (SSSR count). The summed E-state index contributed by atoms with van der Waals surface area (Å²) in [5.74, 6) is 0.979. The highest BCUT2D eigenvalue weighted by Gasteiger charge is 2.28. The number of hydrogen-bond donors (Lipinski definition) is 1. The Labute approximate surface area is 112 Å². The van der Waals surface area contributed by atoms with E-state index in [1.807, 2.05) is 20.9 Å². The van der Waals surface area contributed by atoms with Gasteiger partial charge in [0, 0.05) is 13.0 Å². The molecule has 4 nitrogen and oxygen atoms in total. The molecule has 0 saturated heterocycles. The predicted molar refractivity (Wildman–Crippen MR) is 70.5 cm³/mol. The third-order valence-electron chi connectivity index (χ3n) is 3.18. The van der Waals surface area contributed by atoms with Gasteiger partial charge < -0.3 is 9.84 Å². The molecular formula is C14H18FN3O. The molecule has 2 aromatic rings. The minimum atomic E-state index is -0.408. The first-order valence-corrected chi connectivity index (χ1v) is 6.27. The Hall–Kier alpha value is -1.75. The molecule has 0 aliphatic carbocycles. The summed E-state index contributed by atoms with van der Waals surface area (Å²) < 4.78 is 18.2. The van der Waals surface area contributed by atoms with Gasteiger partial charge in [0.05, 0.1) is 5.41 Å². The van der Waals surface area contributed by atoms with Crippen LogP contribution in [0.3, 0.4) is 0 Å². The van der Waals surface area contributed by atoms with Crippen LogP contribution in [0.15, 0.2) is 28.8 Å². The molecule has 0 bridgehead atoms. The maximum atomic E-state index is 13.0. The van der Waals surface area contributed by atoms with Crippen LogP contribution in [0.25, 0.3) is 0 Å². The second kappa shape index (κ2) is 5.48. The highest BCUT2D eigenvalue weighted by molar-refractivity contribution is 5.30. The molecule has 0 radical (unpaired) electrons. The molecule has 0 saturated carbocycles. The fourth-order valence-corrected chi connectivity index (χ4v) is 1.84. The SMILES string of the molecule is CNCCc1nc(C(C)(C)c2ccc(F)cc2)no1. The van der Waals surface area contributed by atoms with Gasteiger partial charge in [-0.2, -0.15) is 4.98 Å². The van der Waals surface area contributed by atoms with E-state index in [2.05, 4.69) is 15.5 Å². The highest BCUT2D eigenvalue weighted by Crippen LogP contribution is 2.29. The number of aromatic nitrogens is 2. The van der Waals surface area contributed by atoms with Crippen LogP contribution in [-0.4, -0.2) is 23.7 Å². The number of benzene rings is 1. The number of nitrogens with one attached hydrogen (secondary N) is 1. The Morgan fingerprint density at radius 3 is 2.58 bits per heavy atom. The first-order chi connectivity index (χ1) is 9.04. The summed E-state index contributed by atoms with van der Waals surface area (Å²) in [6.45, 7) is 4.78. The van der Waals surface area contributed by atoms with Crippen molar-refractivity contribution in [2.24, 2.45) is 0 Å². The van der Waals surface area contributed by atoms with E-state index in [9.17, 15) is 4.39 Å². The van der Waals surface area contributed by atoms with Crippen molar-refractivity contribution >= 4 is 0 Å². The molecule has 0 unspecified atom stereocenters. The fourth-order valence-electron chi connectivity index (χ4n) is 1.84. The van der Waals surface area contributed by atoms with Crippen LogP contribution in [-0.2, 0) is 11.8 Å². The summed E-state index contributed by atoms with van der Waals surface area (Å²) in [5.41, 5.74) is 0.546. The molecule has 5 heteroatoms. The van der Waals surface area contributed by atoms with Gasteiger partial charge in [-0.3, -0.25) is 0 Å². The third kappa shape index (κ3) is 2.98. The topological polar surface area (TPSA) is 51.0 Å². The van der Waals surface area contributed by atoms with Crippen LogP contribution in [0, 0.1) is 5.82 Å². The van der Waals surface area contributed by atoms with Crippen molar-refractivity contribution in [3.05, 3.63) is 47.4 Å². The summed E-state index contributed by atoms with van der Waals surface area (Å²) in [4.78, 5) is 4.41. The molecule has 1 heterocycles. The van der Waals surface area contributed by atoms with E-state index < -0.39 is 5.41 Å². The van der Waals surface area contributed by atoms with E-state index in [1.165, 1.54) is 12.1 Å². The lowest BCUT2D eigenvalue weighted by Crippen LogP contribution is -2.21. The smallest absolute Gasteiger partial charge is 0.227 e. The minimum Gasteiger partial charge on any atom is -0.339 e. The molecule has 19 heavy (non-hydrogen) atoms. The normalized spacial score (nSPS) is 11.8. The van der Waals surface area contributed by atoms with Crippen LogP contribution in [0.5, 0.6) is 0 Å². The maximum absolute atomic E-state index is 13.0. The summed E-state index contributed by atoms with van der Waals surface area (Å²) in [5, 5.41) is 7.06. The van der Waals surface area contributed by atoms with Gasteiger partial charge in [0.1, 0.15) is 5.82 Å². The Bertz CT molecular complexity index is 534. The molecule has 1 aromatic carbocycles. The van der Waals surface area contributed by atoms with Crippen molar-refractivity contribution in [2.45, 2.75) is 25.7 Å². The molecule has 0 amide bonds. The molecular weight excluding hydrogens is 245 g/mol. The average molecular weight is 263 g/mol. The van der Waals surface area contributed by atoms with Gasteiger partial charge in [0.2, 0.25) is 5.89 Å². The number of nitrogens with zero attached hydrogens (tertiary/aromatic N) is 2. The van der Waals surface area contributed by atoms with Crippen molar-refractivity contribution in [2.75, 3.05) is 13.6 Å². The zero-order valence-electron chi connectivity index (χ0n) is 11.4. The van der Waals surface area contributed by atoms with Gasteiger partial charge >= 0.3 is 0 Å². The van der Waals surface area contributed by atoms with Gasteiger partial charge in [-0.1, -0.05) is 17.3 Å². The first kappa shape index (κ1) is 13.7. The quantitative estimate of drug-likeness (QED) is 0.899. The van der Waals surface area contributed by atoms with Crippen LogP contribution in [0.4, 0.5) is 4.39 Å². The monoisotopic (exact) mass is 263 g/mol. The Kier molecular flexibility index (Phi) is 3.95. The molecule has 0 fully saturated rings. The molecule has 0 aliphatic heterocycles. The van der Waals surface area contributed by atoms with Crippen molar-refractivity contribution < 1.29 is 8.91 Å². The number of likely N-dealkylation sites (N-methyl/N-ethyl adjacent to an activating group) is 1. The molecule has 1 N–H and O–H groups in total. The van der Waals surface area contributed by atoms with Gasteiger partial charge in [0.25, 0.3) is 0 Å². The van der Waals surface area contributed by atoms with Crippen molar-refractivity contribution in [3.8, 4) is 0 Å². The highest BCUT2D eigenvalue weighted by atomic mass is 19.1. The molecule has 0 atom stereocenters. The number of hydrogen-bond acceptors (Lipinski definition) is 4. The molecule has 0 aliphatic rings. The van der Waals surface area contributed by atoms with Gasteiger partial charge in [-0.25, -0.2) is 4.39 Å². The van der Waals surface area contributed by atoms with E-state index in [4.69, 9.17) is 4.52 Å². The maximum Gasteiger partial charge on any atom is 0.227 e.